The lowest BCUT2D eigenvalue weighted by atomic mass is 9.84. The Labute approximate surface area is 111 Å². The second-order valence-electron chi connectivity index (χ2n) is 4.77. The van der Waals surface area contributed by atoms with Gasteiger partial charge in [0, 0.05) is 6.04 Å². The standard InChI is InChI=1S/C13H20INO/c1-10(11-5-3-2-4-6-11)15-9-12-7-8-13(14)16-12/h7-8,10-11,15H,2-6,9H2,1H3/t10-/m0/s1. The van der Waals surface area contributed by atoms with Gasteiger partial charge in [-0.3, -0.25) is 0 Å². The van der Waals surface area contributed by atoms with Gasteiger partial charge in [0.25, 0.3) is 0 Å². The third kappa shape index (κ3) is 3.48. The molecule has 1 aromatic rings. The van der Waals surface area contributed by atoms with E-state index in [2.05, 4.69) is 40.9 Å². The van der Waals surface area contributed by atoms with Crippen molar-refractivity contribution in [3.8, 4) is 0 Å². The zero-order chi connectivity index (χ0) is 11.4. The molecule has 2 rings (SSSR count). The highest BCUT2D eigenvalue weighted by atomic mass is 127. The monoisotopic (exact) mass is 333 g/mol. The van der Waals surface area contributed by atoms with Crippen LogP contribution in [0, 0.1) is 9.68 Å². The molecule has 90 valence electrons. The van der Waals surface area contributed by atoms with E-state index in [1.54, 1.807) is 0 Å². The van der Waals surface area contributed by atoms with Crippen molar-refractivity contribution in [3.63, 3.8) is 0 Å². The van der Waals surface area contributed by atoms with Crippen LogP contribution in [0.4, 0.5) is 0 Å². The zero-order valence-corrected chi connectivity index (χ0v) is 12.0. The van der Waals surface area contributed by atoms with Crippen molar-refractivity contribution < 1.29 is 4.42 Å². The lowest BCUT2D eigenvalue weighted by molar-refractivity contribution is 0.275. The van der Waals surface area contributed by atoms with Gasteiger partial charge in [0.05, 0.1) is 6.54 Å². The summed E-state index contributed by atoms with van der Waals surface area (Å²) in [6.07, 6.45) is 7.04. The molecule has 1 aromatic heterocycles. The molecule has 3 heteroatoms. The van der Waals surface area contributed by atoms with Gasteiger partial charge in [0.15, 0.2) is 3.77 Å². The highest BCUT2D eigenvalue weighted by Crippen LogP contribution is 2.26. The molecule has 0 radical (unpaired) electrons. The second kappa shape index (κ2) is 6.05. The van der Waals surface area contributed by atoms with Crippen LogP contribution in [0.25, 0.3) is 0 Å². The topological polar surface area (TPSA) is 25.2 Å². The first-order chi connectivity index (χ1) is 7.75. The first-order valence-corrected chi connectivity index (χ1v) is 7.31. The van der Waals surface area contributed by atoms with Crippen LogP contribution in [-0.2, 0) is 6.54 Å². The van der Waals surface area contributed by atoms with Crippen molar-refractivity contribution in [1.82, 2.24) is 5.32 Å². The van der Waals surface area contributed by atoms with Crippen LogP contribution in [0.15, 0.2) is 16.5 Å². The Morgan fingerprint density at radius 3 is 2.75 bits per heavy atom. The lowest BCUT2D eigenvalue weighted by Gasteiger charge is -2.28. The minimum atomic E-state index is 0.614. The molecule has 0 amide bonds. The molecule has 0 bridgehead atoms. The highest BCUT2D eigenvalue weighted by Gasteiger charge is 2.19. The Hall–Kier alpha value is -0.0300. The third-order valence-electron chi connectivity index (χ3n) is 3.58. The highest BCUT2D eigenvalue weighted by molar-refractivity contribution is 14.1. The molecule has 1 heterocycles. The van der Waals surface area contributed by atoms with Crippen LogP contribution in [0.5, 0.6) is 0 Å². The molecule has 0 spiro atoms. The summed E-state index contributed by atoms with van der Waals surface area (Å²) >= 11 is 2.21. The van der Waals surface area contributed by atoms with Crippen molar-refractivity contribution in [2.75, 3.05) is 0 Å². The normalized spacial score (nSPS) is 19.9. The summed E-state index contributed by atoms with van der Waals surface area (Å²) in [5.74, 6) is 1.91. The summed E-state index contributed by atoms with van der Waals surface area (Å²) in [5, 5.41) is 3.58. The van der Waals surface area contributed by atoms with E-state index < -0.39 is 0 Å². The van der Waals surface area contributed by atoms with Crippen molar-refractivity contribution in [2.24, 2.45) is 5.92 Å². The van der Waals surface area contributed by atoms with Gasteiger partial charge in [0.2, 0.25) is 0 Å². The van der Waals surface area contributed by atoms with Gasteiger partial charge in [-0.25, -0.2) is 0 Å². The van der Waals surface area contributed by atoms with E-state index >= 15 is 0 Å². The molecule has 0 saturated heterocycles. The van der Waals surface area contributed by atoms with Crippen molar-refractivity contribution in [1.29, 1.82) is 0 Å². The predicted molar refractivity (Wildman–Crippen MR) is 74.3 cm³/mol. The summed E-state index contributed by atoms with van der Waals surface area (Å²) in [5.41, 5.74) is 0. The summed E-state index contributed by atoms with van der Waals surface area (Å²) in [6.45, 7) is 3.17. The average Bonchev–Trinajstić information content (AvgIpc) is 2.73. The Morgan fingerprint density at radius 1 is 1.38 bits per heavy atom. The van der Waals surface area contributed by atoms with Gasteiger partial charge in [0.1, 0.15) is 5.76 Å². The number of rotatable bonds is 4. The summed E-state index contributed by atoms with van der Waals surface area (Å²) < 4.78 is 6.52. The van der Waals surface area contributed by atoms with E-state index in [1.165, 1.54) is 32.1 Å². The molecule has 1 N–H and O–H groups in total. The molecule has 1 fully saturated rings. The Bertz CT molecular complexity index is 317. The zero-order valence-electron chi connectivity index (χ0n) is 9.84. The average molecular weight is 333 g/mol. The second-order valence-corrected chi connectivity index (χ2v) is 5.84. The summed E-state index contributed by atoms with van der Waals surface area (Å²) in [4.78, 5) is 0. The Balaban J connectivity index is 1.76. The molecule has 2 nitrogen and oxygen atoms in total. The van der Waals surface area contributed by atoms with Gasteiger partial charge < -0.3 is 9.73 Å². The van der Waals surface area contributed by atoms with Crippen molar-refractivity contribution in [2.45, 2.75) is 51.6 Å². The van der Waals surface area contributed by atoms with Crippen molar-refractivity contribution in [3.05, 3.63) is 21.7 Å². The fourth-order valence-electron chi connectivity index (χ4n) is 2.51. The molecule has 16 heavy (non-hydrogen) atoms. The molecule has 1 aliphatic carbocycles. The van der Waals surface area contributed by atoms with E-state index in [-0.39, 0.29) is 0 Å². The van der Waals surface area contributed by atoms with Gasteiger partial charge in [-0.05, 0) is 60.4 Å². The number of nitrogens with one attached hydrogen (secondary N) is 1. The molecular formula is C13H20INO. The van der Waals surface area contributed by atoms with E-state index in [0.717, 1.165) is 22.0 Å². The molecule has 0 aromatic carbocycles. The largest absolute Gasteiger partial charge is 0.454 e. The first-order valence-electron chi connectivity index (χ1n) is 6.23. The van der Waals surface area contributed by atoms with E-state index in [0.29, 0.717) is 6.04 Å². The summed E-state index contributed by atoms with van der Waals surface area (Å²) in [7, 11) is 0. The van der Waals surface area contributed by atoms with E-state index in [4.69, 9.17) is 4.42 Å². The fraction of sp³-hybridized carbons (Fsp3) is 0.692. The smallest absolute Gasteiger partial charge is 0.164 e. The van der Waals surface area contributed by atoms with Crippen LogP contribution in [0.2, 0.25) is 0 Å². The van der Waals surface area contributed by atoms with Crippen LogP contribution in [0.1, 0.15) is 44.8 Å². The molecule has 1 atom stereocenters. The quantitative estimate of drug-likeness (QED) is 0.845. The SMILES string of the molecule is C[C@H](NCc1ccc(I)o1)C1CCCCC1. The molecular weight excluding hydrogens is 313 g/mol. The maximum atomic E-state index is 5.55. The fourth-order valence-corrected chi connectivity index (χ4v) is 2.97. The minimum absolute atomic E-state index is 0.614. The molecule has 1 saturated carbocycles. The maximum absolute atomic E-state index is 5.55. The maximum Gasteiger partial charge on any atom is 0.164 e. The van der Waals surface area contributed by atoms with Gasteiger partial charge in [-0.15, -0.1) is 0 Å². The predicted octanol–water partition coefficient (Wildman–Crippen LogP) is 3.94. The Kier molecular flexibility index (Phi) is 4.70. The van der Waals surface area contributed by atoms with Gasteiger partial charge >= 0.3 is 0 Å². The molecule has 1 aliphatic rings. The third-order valence-corrected chi connectivity index (χ3v) is 4.16. The number of furan rings is 1. The first kappa shape index (κ1) is 12.4. The van der Waals surface area contributed by atoms with Gasteiger partial charge in [-0.1, -0.05) is 19.3 Å². The number of halogens is 1. The van der Waals surface area contributed by atoms with Gasteiger partial charge in [-0.2, -0.15) is 0 Å². The van der Waals surface area contributed by atoms with Crippen molar-refractivity contribution >= 4 is 22.6 Å². The minimum Gasteiger partial charge on any atom is -0.454 e. The number of hydrogen-bond donors (Lipinski definition) is 1. The number of hydrogen-bond acceptors (Lipinski definition) is 2. The van der Waals surface area contributed by atoms with E-state index in [1.807, 2.05) is 6.07 Å². The molecule has 0 unspecified atom stereocenters. The van der Waals surface area contributed by atoms with Crippen LogP contribution in [0.3, 0.4) is 0 Å². The lowest BCUT2D eigenvalue weighted by Crippen LogP contribution is -2.34. The van der Waals surface area contributed by atoms with Crippen LogP contribution >= 0.6 is 22.6 Å². The summed E-state index contributed by atoms with van der Waals surface area (Å²) in [6, 6.07) is 4.69. The van der Waals surface area contributed by atoms with E-state index in [9.17, 15) is 0 Å². The van der Waals surface area contributed by atoms with Crippen LogP contribution in [-0.4, -0.2) is 6.04 Å². The Morgan fingerprint density at radius 2 is 2.12 bits per heavy atom. The van der Waals surface area contributed by atoms with Crippen LogP contribution < -0.4 is 5.32 Å². The molecule has 0 aliphatic heterocycles.